The molecular formula is C21H15BrIN3O5S. The first-order valence-corrected chi connectivity index (χ1v) is 11.3. The lowest BCUT2D eigenvalue weighted by Gasteiger charge is -2.27. The number of hydrogen-bond acceptors (Lipinski definition) is 6. The lowest BCUT2D eigenvalue weighted by Crippen LogP contribution is -2.53. The topological polar surface area (TPSA) is 102 Å². The molecule has 0 aliphatic carbocycles. The van der Waals surface area contributed by atoms with Gasteiger partial charge in [-0.25, -0.2) is 0 Å². The molecule has 1 fully saturated rings. The molecule has 1 heterocycles. The van der Waals surface area contributed by atoms with Gasteiger partial charge < -0.3 is 4.74 Å². The van der Waals surface area contributed by atoms with Gasteiger partial charge in [0.1, 0.15) is 17.9 Å². The summed E-state index contributed by atoms with van der Waals surface area (Å²) in [6.07, 6.45) is 3.01. The maximum Gasteiger partial charge on any atom is 0.269 e. The fourth-order valence-corrected chi connectivity index (χ4v) is 4.84. The van der Waals surface area contributed by atoms with Crippen molar-refractivity contribution in [2.75, 3.05) is 6.54 Å². The number of benzene rings is 2. The van der Waals surface area contributed by atoms with E-state index in [1.165, 1.54) is 29.2 Å². The third-order valence-corrected chi connectivity index (χ3v) is 6.07. The molecule has 0 aromatic heterocycles. The average molecular weight is 628 g/mol. The molecule has 3 rings (SSSR count). The Hall–Kier alpha value is -2.64. The molecule has 0 unspecified atom stereocenters. The zero-order valence-corrected chi connectivity index (χ0v) is 20.9. The molecule has 1 aliphatic rings. The van der Waals surface area contributed by atoms with Crippen molar-refractivity contribution < 1.29 is 19.2 Å². The SMILES string of the molecule is C=CCN1C(=O)/C(=C/c2cc(Br)c(OCc3ccc([N+](=O)[O-])cc3)c(I)c2)C(=O)NC1=S. The Bertz CT molecular complexity index is 1140. The van der Waals surface area contributed by atoms with Gasteiger partial charge in [0.25, 0.3) is 17.5 Å². The van der Waals surface area contributed by atoms with E-state index in [1.54, 1.807) is 24.3 Å². The summed E-state index contributed by atoms with van der Waals surface area (Å²) in [6, 6.07) is 9.60. The second kappa shape index (κ2) is 10.3. The summed E-state index contributed by atoms with van der Waals surface area (Å²) in [7, 11) is 0. The molecule has 1 saturated heterocycles. The Balaban J connectivity index is 1.81. The molecule has 2 aromatic rings. The van der Waals surface area contributed by atoms with Gasteiger partial charge in [-0.2, -0.15) is 0 Å². The first kappa shape index (κ1) is 24.0. The zero-order chi connectivity index (χ0) is 23.4. The Morgan fingerprint density at radius 1 is 1.28 bits per heavy atom. The monoisotopic (exact) mass is 627 g/mol. The van der Waals surface area contributed by atoms with Crippen molar-refractivity contribution in [1.29, 1.82) is 0 Å². The van der Waals surface area contributed by atoms with E-state index in [0.717, 1.165) is 9.13 Å². The third-order valence-electron chi connectivity index (χ3n) is 4.36. The van der Waals surface area contributed by atoms with Crippen molar-refractivity contribution in [2.24, 2.45) is 0 Å². The van der Waals surface area contributed by atoms with Crippen LogP contribution in [0, 0.1) is 13.7 Å². The summed E-state index contributed by atoms with van der Waals surface area (Å²) in [5.41, 5.74) is 1.36. The van der Waals surface area contributed by atoms with Crippen LogP contribution in [0.5, 0.6) is 5.75 Å². The molecule has 1 N–H and O–H groups in total. The van der Waals surface area contributed by atoms with Crippen molar-refractivity contribution in [3.05, 3.63) is 83.9 Å². The van der Waals surface area contributed by atoms with E-state index in [9.17, 15) is 19.7 Å². The van der Waals surface area contributed by atoms with E-state index in [-0.39, 0.29) is 29.5 Å². The van der Waals surface area contributed by atoms with E-state index in [0.29, 0.717) is 15.8 Å². The number of amides is 2. The number of nitro benzene ring substituents is 1. The number of nitrogens with one attached hydrogen (secondary N) is 1. The number of non-ortho nitro benzene ring substituents is 1. The Kier molecular flexibility index (Phi) is 7.74. The van der Waals surface area contributed by atoms with Crippen LogP contribution in [-0.2, 0) is 16.2 Å². The first-order chi connectivity index (χ1) is 15.2. The number of hydrogen-bond donors (Lipinski definition) is 1. The standard InChI is InChI=1S/C21H15BrIN3O5S/c1-2-7-25-20(28)15(19(27)24-21(25)32)8-13-9-16(22)18(17(23)10-13)31-11-12-3-5-14(6-4-12)26(29)30/h2-6,8-10H,1,7,11H2,(H,24,27,32)/b15-8+. The Labute approximate surface area is 210 Å². The summed E-state index contributed by atoms with van der Waals surface area (Å²) >= 11 is 10.6. The maximum atomic E-state index is 12.7. The zero-order valence-electron chi connectivity index (χ0n) is 16.3. The minimum absolute atomic E-state index is 0.00983. The minimum Gasteiger partial charge on any atom is -0.487 e. The highest BCUT2D eigenvalue weighted by Crippen LogP contribution is 2.33. The summed E-state index contributed by atoms with van der Waals surface area (Å²) < 4.78 is 7.25. The van der Waals surface area contributed by atoms with Gasteiger partial charge in [0.15, 0.2) is 5.11 Å². The second-order valence-corrected chi connectivity index (χ2v) is 8.95. The van der Waals surface area contributed by atoms with Gasteiger partial charge in [0.2, 0.25) is 0 Å². The van der Waals surface area contributed by atoms with Crippen molar-refractivity contribution in [1.82, 2.24) is 10.2 Å². The Morgan fingerprint density at radius 3 is 2.56 bits per heavy atom. The highest BCUT2D eigenvalue weighted by Gasteiger charge is 2.32. The quantitative estimate of drug-likeness (QED) is 0.0932. The minimum atomic E-state index is -0.565. The molecule has 1 aliphatic heterocycles. The van der Waals surface area contributed by atoms with Crippen molar-refractivity contribution in [3.8, 4) is 5.75 Å². The van der Waals surface area contributed by atoms with Gasteiger partial charge in [-0.3, -0.25) is 29.9 Å². The van der Waals surface area contributed by atoms with Crippen LogP contribution in [0.2, 0.25) is 0 Å². The normalized spacial score (nSPS) is 15.0. The molecule has 32 heavy (non-hydrogen) atoms. The number of halogens is 2. The van der Waals surface area contributed by atoms with Gasteiger partial charge in [0, 0.05) is 18.7 Å². The van der Waals surface area contributed by atoms with Crippen LogP contribution in [0.3, 0.4) is 0 Å². The van der Waals surface area contributed by atoms with E-state index in [2.05, 4.69) is 50.4 Å². The number of nitro groups is 1. The lowest BCUT2D eigenvalue weighted by molar-refractivity contribution is -0.384. The van der Waals surface area contributed by atoms with Gasteiger partial charge in [0.05, 0.1) is 13.0 Å². The van der Waals surface area contributed by atoms with E-state index < -0.39 is 16.7 Å². The highest BCUT2D eigenvalue weighted by atomic mass is 127. The van der Waals surface area contributed by atoms with Crippen LogP contribution in [0.4, 0.5) is 5.69 Å². The number of carbonyl (C=O) groups is 2. The Morgan fingerprint density at radius 2 is 1.97 bits per heavy atom. The molecular weight excluding hydrogens is 613 g/mol. The van der Waals surface area contributed by atoms with Crippen LogP contribution >= 0.6 is 50.7 Å². The van der Waals surface area contributed by atoms with Gasteiger partial charge in [-0.15, -0.1) is 6.58 Å². The molecule has 0 atom stereocenters. The highest BCUT2D eigenvalue weighted by molar-refractivity contribution is 14.1. The molecule has 0 bridgehead atoms. The second-order valence-electron chi connectivity index (χ2n) is 6.55. The fraction of sp³-hybridized carbons (Fsp3) is 0.0952. The molecule has 8 nitrogen and oxygen atoms in total. The van der Waals surface area contributed by atoms with Gasteiger partial charge in [-0.05, 0) is 92.2 Å². The summed E-state index contributed by atoms with van der Waals surface area (Å²) in [6.45, 7) is 4.00. The molecule has 11 heteroatoms. The van der Waals surface area contributed by atoms with Crippen LogP contribution in [-0.4, -0.2) is 33.3 Å². The van der Waals surface area contributed by atoms with Gasteiger partial charge in [-0.1, -0.05) is 6.08 Å². The predicted molar refractivity (Wildman–Crippen MR) is 135 cm³/mol. The molecule has 2 amide bonds. The number of ether oxygens (including phenoxy) is 1. The largest absolute Gasteiger partial charge is 0.487 e. The maximum absolute atomic E-state index is 12.7. The van der Waals surface area contributed by atoms with Crippen LogP contribution < -0.4 is 10.1 Å². The van der Waals surface area contributed by atoms with E-state index in [1.807, 2.05) is 0 Å². The van der Waals surface area contributed by atoms with Gasteiger partial charge >= 0.3 is 0 Å². The van der Waals surface area contributed by atoms with E-state index >= 15 is 0 Å². The average Bonchev–Trinajstić information content (AvgIpc) is 2.74. The summed E-state index contributed by atoms with van der Waals surface area (Å²) in [5.74, 6) is -0.492. The van der Waals surface area contributed by atoms with Crippen molar-refractivity contribution in [3.63, 3.8) is 0 Å². The molecule has 0 saturated carbocycles. The molecule has 0 spiro atoms. The number of thiocarbonyl (C=S) groups is 1. The van der Waals surface area contributed by atoms with Crippen LogP contribution in [0.1, 0.15) is 11.1 Å². The number of carbonyl (C=O) groups excluding carboxylic acids is 2. The molecule has 2 aromatic carbocycles. The summed E-state index contributed by atoms with van der Waals surface area (Å²) in [5, 5.41) is 13.3. The van der Waals surface area contributed by atoms with Crippen molar-refractivity contribution in [2.45, 2.75) is 6.61 Å². The number of nitrogens with zero attached hydrogens (tertiary/aromatic N) is 2. The molecule has 164 valence electrons. The first-order valence-electron chi connectivity index (χ1n) is 9.06. The predicted octanol–water partition coefficient (Wildman–Crippen LogP) is 4.35. The fourth-order valence-electron chi connectivity index (χ4n) is 2.83. The smallest absolute Gasteiger partial charge is 0.269 e. The lowest BCUT2D eigenvalue weighted by atomic mass is 10.1. The van der Waals surface area contributed by atoms with Crippen LogP contribution in [0.15, 0.2) is 59.1 Å². The van der Waals surface area contributed by atoms with Crippen molar-refractivity contribution >= 4 is 79.4 Å². The van der Waals surface area contributed by atoms with E-state index in [4.69, 9.17) is 17.0 Å². The third kappa shape index (κ3) is 5.40. The molecule has 0 radical (unpaired) electrons. The summed E-state index contributed by atoms with van der Waals surface area (Å²) in [4.78, 5) is 36.6. The number of rotatable bonds is 7. The van der Waals surface area contributed by atoms with Crippen LogP contribution in [0.25, 0.3) is 6.08 Å².